The maximum Gasteiger partial charge on any atom is 0.267 e. The van der Waals surface area contributed by atoms with Crippen molar-refractivity contribution in [1.29, 1.82) is 0 Å². The van der Waals surface area contributed by atoms with Crippen molar-refractivity contribution in [2.75, 3.05) is 13.6 Å². The van der Waals surface area contributed by atoms with Gasteiger partial charge in [-0.15, -0.1) is 0 Å². The molecule has 1 fully saturated rings. The Morgan fingerprint density at radius 2 is 2.00 bits per heavy atom. The van der Waals surface area contributed by atoms with Crippen LogP contribution in [0.4, 0.5) is 0 Å². The Bertz CT molecular complexity index is 963. The van der Waals surface area contributed by atoms with Crippen LogP contribution in [0.1, 0.15) is 30.3 Å². The summed E-state index contributed by atoms with van der Waals surface area (Å²) in [5.41, 5.74) is 1.77. The smallest absolute Gasteiger partial charge is 0.267 e. The van der Waals surface area contributed by atoms with Crippen molar-refractivity contribution in [3.05, 3.63) is 64.3 Å². The van der Waals surface area contributed by atoms with Crippen molar-refractivity contribution in [1.82, 2.24) is 19.4 Å². The average Bonchev–Trinajstić information content (AvgIpc) is 3.01. The minimum Gasteiger partial charge on any atom is -0.299 e. The predicted molar refractivity (Wildman–Crippen MR) is 94.5 cm³/mol. The number of para-hydroxylation sites is 1. The molecular formula is C19H20N4O. The fraction of sp³-hybridized carbons (Fsp3) is 0.316. The molecule has 5 heteroatoms. The summed E-state index contributed by atoms with van der Waals surface area (Å²) in [6.07, 6.45) is 4.00. The molecule has 5 nitrogen and oxygen atoms in total. The zero-order valence-electron chi connectivity index (χ0n) is 13.9. The van der Waals surface area contributed by atoms with E-state index in [1.54, 1.807) is 10.8 Å². The van der Waals surface area contributed by atoms with Gasteiger partial charge in [0, 0.05) is 17.8 Å². The third-order valence-electron chi connectivity index (χ3n) is 4.85. The standard InChI is InChI=1S/C19H20N4O/c1-13-21-16-9-4-3-7-14(16)19(24)23(13)18-15(8-5-11-20-18)17-10-6-12-22(17)2/h3-5,7-9,11,17H,6,10,12H2,1-2H3/t17-/m1/s1. The van der Waals surface area contributed by atoms with Gasteiger partial charge in [-0.1, -0.05) is 18.2 Å². The van der Waals surface area contributed by atoms with E-state index in [4.69, 9.17) is 0 Å². The van der Waals surface area contributed by atoms with Crippen LogP contribution in [0.25, 0.3) is 16.7 Å². The Labute approximate surface area is 140 Å². The predicted octanol–water partition coefficient (Wildman–Crippen LogP) is 2.86. The second-order valence-electron chi connectivity index (χ2n) is 6.37. The van der Waals surface area contributed by atoms with Crippen LogP contribution in [-0.2, 0) is 0 Å². The fourth-order valence-electron chi connectivity index (χ4n) is 3.65. The number of rotatable bonds is 2. The SMILES string of the molecule is Cc1nc2ccccc2c(=O)n1-c1ncccc1[C@H]1CCCN1C. The monoisotopic (exact) mass is 320 g/mol. The molecule has 0 saturated carbocycles. The summed E-state index contributed by atoms with van der Waals surface area (Å²) < 4.78 is 1.66. The van der Waals surface area contributed by atoms with Crippen LogP contribution < -0.4 is 5.56 Å². The maximum atomic E-state index is 13.1. The van der Waals surface area contributed by atoms with Crippen LogP contribution >= 0.6 is 0 Å². The van der Waals surface area contributed by atoms with E-state index in [0.717, 1.165) is 24.0 Å². The van der Waals surface area contributed by atoms with Gasteiger partial charge in [-0.25, -0.2) is 14.5 Å². The second kappa shape index (κ2) is 5.83. The maximum absolute atomic E-state index is 13.1. The highest BCUT2D eigenvalue weighted by Gasteiger charge is 2.26. The summed E-state index contributed by atoms with van der Waals surface area (Å²) in [5, 5.41) is 0.625. The van der Waals surface area contributed by atoms with E-state index >= 15 is 0 Å². The summed E-state index contributed by atoms with van der Waals surface area (Å²) in [5.74, 6) is 1.37. The minimum absolute atomic E-state index is 0.0568. The van der Waals surface area contributed by atoms with Crippen molar-refractivity contribution < 1.29 is 0 Å². The molecule has 24 heavy (non-hydrogen) atoms. The molecule has 2 aromatic heterocycles. The first-order valence-corrected chi connectivity index (χ1v) is 8.31. The highest BCUT2D eigenvalue weighted by Crippen LogP contribution is 2.33. The Balaban J connectivity index is 1.98. The van der Waals surface area contributed by atoms with E-state index in [0.29, 0.717) is 23.1 Å². The Morgan fingerprint density at radius 1 is 1.17 bits per heavy atom. The molecule has 0 bridgehead atoms. The van der Waals surface area contributed by atoms with Crippen molar-refractivity contribution in [3.63, 3.8) is 0 Å². The topological polar surface area (TPSA) is 51.0 Å². The first-order chi connectivity index (χ1) is 11.7. The van der Waals surface area contributed by atoms with Crippen molar-refractivity contribution >= 4 is 10.9 Å². The molecule has 0 radical (unpaired) electrons. The Kier molecular flexibility index (Phi) is 3.65. The zero-order valence-corrected chi connectivity index (χ0v) is 13.9. The summed E-state index contributed by atoms with van der Waals surface area (Å²) >= 11 is 0. The number of pyridine rings is 1. The summed E-state index contributed by atoms with van der Waals surface area (Å²) in [6.45, 7) is 2.94. The molecule has 0 unspecified atom stereocenters. The van der Waals surface area contributed by atoms with E-state index in [-0.39, 0.29) is 5.56 Å². The summed E-state index contributed by atoms with van der Waals surface area (Å²) in [6, 6.07) is 11.8. The van der Waals surface area contributed by atoms with Gasteiger partial charge in [0.2, 0.25) is 0 Å². The molecule has 122 valence electrons. The third kappa shape index (κ3) is 2.32. The molecule has 3 heterocycles. The van der Waals surface area contributed by atoms with E-state index in [1.165, 1.54) is 6.42 Å². The molecule has 0 N–H and O–H groups in total. The fourth-order valence-corrected chi connectivity index (χ4v) is 3.65. The van der Waals surface area contributed by atoms with Crippen molar-refractivity contribution in [3.8, 4) is 5.82 Å². The number of aryl methyl sites for hydroxylation is 1. The van der Waals surface area contributed by atoms with Crippen molar-refractivity contribution in [2.24, 2.45) is 0 Å². The lowest BCUT2D eigenvalue weighted by Gasteiger charge is -2.23. The lowest BCUT2D eigenvalue weighted by molar-refractivity contribution is 0.316. The quantitative estimate of drug-likeness (QED) is 0.728. The normalized spacial score (nSPS) is 18.3. The third-order valence-corrected chi connectivity index (χ3v) is 4.85. The second-order valence-corrected chi connectivity index (χ2v) is 6.37. The molecule has 1 saturated heterocycles. The van der Waals surface area contributed by atoms with Crippen LogP contribution in [-0.4, -0.2) is 33.0 Å². The molecule has 1 aromatic carbocycles. The van der Waals surface area contributed by atoms with Gasteiger partial charge < -0.3 is 0 Å². The molecule has 1 atom stereocenters. The number of hydrogen-bond donors (Lipinski definition) is 0. The molecular weight excluding hydrogens is 300 g/mol. The molecule has 0 spiro atoms. The molecule has 3 aromatic rings. The van der Waals surface area contributed by atoms with Crippen LogP contribution in [0.15, 0.2) is 47.4 Å². The molecule has 4 rings (SSSR count). The number of aromatic nitrogens is 3. The van der Waals surface area contributed by atoms with Gasteiger partial charge in [-0.2, -0.15) is 0 Å². The zero-order chi connectivity index (χ0) is 16.7. The minimum atomic E-state index is -0.0568. The van der Waals surface area contributed by atoms with Crippen LogP contribution in [0.5, 0.6) is 0 Å². The van der Waals surface area contributed by atoms with E-state index in [2.05, 4.69) is 28.0 Å². The summed E-state index contributed by atoms with van der Waals surface area (Å²) in [7, 11) is 2.13. The van der Waals surface area contributed by atoms with Gasteiger partial charge in [0.25, 0.3) is 5.56 Å². The van der Waals surface area contributed by atoms with E-state index < -0.39 is 0 Å². The number of likely N-dealkylation sites (tertiary alicyclic amines) is 1. The van der Waals surface area contributed by atoms with Gasteiger partial charge in [0.1, 0.15) is 11.6 Å². The first kappa shape index (κ1) is 15.0. The van der Waals surface area contributed by atoms with Crippen LogP contribution in [0, 0.1) is 6.92 Å². The number of nitrogens with zero attached hydrogens (tertiary/aromatic N) is 4. The Morgan fingerprint density at radius 3 is 2.79 bits per heavy atom. The lowest BCUT2D eigenvalue weighted by atomic mass is 10.1. The van der Waals surface area contributed by atoms with Crippen LogP contribution in [0.2, 0.25) is 0 Å². The van der Waals surface area contributed by atoms with Gasteiger partial charge in [-0.3, -0.25) is 9.69 Å². The lowest BCUT2D eigenvalue weighted by Crippen LogP contribution is -2.26. The summed E-state index contributed by atoms with van der Waals surface area (Å²) in [4.78, 5) is 24.6. The number of fused-ring (bicyclic) bond motifs is 1. The molecule has 1 aliphatic heterocycles. The van der Waals surface area contributed by atoms with Gasteiger partial charge in [0.15, 0.2) is 0 Å². The van der Waals surface area contributed by atoms with Gasteiger partial charge in [-0.05, 0) is 51.6 Å². The number of hydrogen-bond acceptors (Lipinski definition) is 4. The molecule has 1 aliphatic rings. The number of benzene rings is 1. The Hall–Kier alpha value is -2.53. The molecule has 0 aliphatic carbocycles. The van der Waals surface area contributed by atoms with Gasteiger partial charge in [0.05, 0.1) is 10.9 Å². The van der Waals surface area contributed by atoms with Crippen LogP contribution in [0.3, 0.4) is 0 Å². The largest absolute Gasteiger partial charge is 0.299 e. The van der Waals surface area contributed by atoms with Crippen molar-refractivity contribution in [2.45, 2.75) is 25.8 Å². The van der Waals surface area contributed by atoms with E-state index in [9.17, 15) is 4.79 Å². The first-order valence-electron chi connectivity index (χ1n) is 8.31. The molecule has 0 amide bonds. The van der Waals surface area contributed by atoms with E-state index in [1.807, 2.05) is 37.3 Å². The highest BCUT2D eigenvalue weighted by molar-refractivity contribution is 5.77. The highest BCUT2D eigenvalue weighted by atomic mass is 16.1. The van der Waals surface area contributed by atoms with Gasteiger partial charge >= 0.3 is 0 Å². The average molecular weight is 320 g/mol.